The van der Waals surface area contributed by atoms with E-state index in [0.717, 1.165) is 17.2 Å². The van der Waals surface area contributed by atoms with Gasteiger partial charge in [-0.2, -0.15) is 4.31 Å². The average Bonchev–Trinajstić information content (AvgIpc) is 2.77. The number of nitrogens with zero attached hydrogens (tertiary/aromatic N) is 2. The third-order valence-electron chi connectivity index (χ3n) is 5.44. The van der Waals surface area contributed by atoms with E-state index < -0.39 is 15.8 Å². The van der Waals surface area contributed by atoms with E-state index in [2.05, 4.69) is 4.90 Å². The Balaban J connectivity index is 1.58. The van der Waals surface area contributed by atoms with E-state index in [1.165, 1.54) is 46.8 Å². The summed E-state index contributed by atoms with van der Waals surface area (Å²) in [5, 5.41) is 0. The molecule has 0 saturated carbocycles. The van der Waals surface area contributed by atoms with Crippen LogP contribution in [-0.2, 0) is 10.0 Å². The Morgan fingerprint density at radius 3 is 1.68 bits per heavy atom. The Morgan fingerprint density at radius 1 is 0.677 bits per heavy atom. The molecule has 4 nitrogen and oxygen atoms in total. The second-order valence-electron chi connectivity index (χ2n) is 7.40. The van der Waals surface area contributed by atoms with Gasteiger partial charge in [-0.25, -0.2) is 21.6 Å². The maximum absolute atomic E-state index is 13.5. The number of hydrogen-bond donors (Lipinski definition) is 0. The molecule has 0 radical (unpaired) electrons. The average molecular weight is 446 g/mol. The molecule has 1 aliphatic rings. The van der Waals surface area contributed by atoms with Crippen LogP contribution in [0.2, 0.25) is 0 Å². The zero-order valence-corrected chi connectivity index (χ0v) is 17.4. The van der Waals surface area contributed by atoms with Crippen molar-refractivity contribution >= 4 is 10.0 Å². The second kappa shape index (κ2) is 8.82. The highest BCUT2D eigenvalue weighted by Gasteiger charge is 2.32. The summed E-state index contributed by atoms with van der Waals surface area (Å²) in [5.74, 6) is -1.31. The molecule has 0 bridgehead atoms. The van der Waals surface area contributed by atoms with Crippen molar-refractivity contribution in [2.45, 2.75) is 10.9 Å². The van der Waals surface area contributed by atoms with Gasteiger partial charge in [-0.3, -0.25) is 4.90 Å². The van der Waals surface area contributed by atoms with Crippen LogP contribution in [0.4, 0.5) is 13.2 Å². The van der Waals surface area contributed by atoms with E-state index >= 15 is 0 Å². The highest BCUT2D eigenvalue weighted by Crippen LogP contribution is 2.31. The van der Waals surface area contributed by atoms with Crippen molar-refractivity contribution in [3.63, 3.8) is 0 Å². The first-order valence-electron chi connectivity index (χ1n) is 9.85. The van der Waals surface area contributed by atoms with Crippen LogP contribution in [0.15, 0.2) is 77.7 Å². The van der Waals surface area contributed by atoms with Gasteiger partial charge in [0.25, 0.3) is 0 Å². The molecule has 0 amide bonds. The number of hydrogen-bond acceptors (Lipinski definition) is 3. The molecule has 4 rings (SSSR count). The normalized spacial score (nSPS) is 16.0. The van der Waals surface area contributed by atoms with Crippen LogP contribution in [-0.4, -0.2) is 43.8 Å². The fourth-order valence-corrected chi connectivity index (χ4v) is 5.34. The summed E-state index contributed by atoms with van der Waals surface area (Å²) >= 11 is 0. The molecule has 31 heavy (non-hydrogen) atoms. The Morgan fingerprint density at radius 2 is 1.19 bits per heavy atom. The summed E-state index contributed by atoms with van der Waals surface area (Å²) in [4.78, 5) is 2.01. The van der Waals surface area contributed by atoms with Crippen molar-refractivity contribution in [1.82, 2.24) is 9.21 Å². The summed E-state index contributed by atoms with van der Waals surface area (Å²) in [6.07, 6.45) is 0. The third-order valence-corrected chi connectivity index (χ3v) is 7.34. The van der Waals surface area contributed by atoms with E-state index in [9.17, 15) is 21.6 Å². The SMILES string of the molecule is O=S(=O)(c1cccc(F)c1)N1CCN(C(c2ccc(F)cc2)c2ccc(F)cc2)CC1. The van der Waals surface area contributed by atoms with Crippen molar-refractivity contribution in [2.75, 3.05) is 26.2 Å². The van der Waals surface area contributed by atoms with Gasteiger partial charge >= 0.3 is 0 Å². The minimum absolute atomic E-state index is 0.0745. The number of halogens is 3. The molecule has 0 aliphatic carbocycles. The molecular formula is C23H21F3N2O2S. The smallest absolute Gasteiger partial charge is 0.243 e. The van der Waals surface area contributed by atoms with E-state index in [0.29, 0.717) is 13.1 Å². The third kappa shape index (κ3) is 4.66. The lowest BCUT2D eigenvalue weighted by molar-refractivity contribution is 0.155. The molecule has 162 valence electrons. The molecule has 1 saturated heterocycles. The molecule has 3 aromatic rings. The molecule has 0 aromatic heterocycles. The molecule has 0 atom stereocenters. The minimum atomic E-state index is -3.81. The zero-order chi connectivity index (χ0) is 22.0. The molecular weight excluding hydrogens is 425 g/mol. The van der Waals surface area contributed by atoms with Gasteiger partial charge in [-0.05, 0) is 53.6 Å². The Hall–Kier alpha value is -2.68. The van der Waals surface area contributed by atoms with Crippen molar-refractivity contribution in [2.24, 2.45) is 0 Å². The lowest BCUT2D eigenvalue weighted by Gasteiger charge is -2.39. The number of benzene rings is 3. The molecule has 1 heterocycles. The topological polar surface area (TPSA) is 40.6 Å². The number of rotatable bonds is 5. The van der Waals surface area contributed by atoms with Crippen molar-refractivity contribution in [3.8, 4) is 0 Å². The van der Waals surface area contributed by atoms with Crippen molar-refractivity contribution in [1.29, 1.82) is 0 Å². The van der Waals surface area contributed by atoms with Gasteiger partial charge in [0.2, 0.25) is 10.0 Å². The van der Waals surface area contributed by atoms with Crippen LogP contribution in [0.25, 0.3) is 0 Å². The maximum atomic E-state index is 13.5. The van der Waals surface area contributed by atoms with Gasteiger partial charge in [0.1, 0.15) is 17.5 Å². The minimum Gasteiger partial charge on any atom is -0.290 e. The first kappa shape index (κ1) is 21.5. The van der Waals surface area contributed by atoms with Gasteiger partial charge in [-0.1, -0.05) is 30.3 Å². The van der Waals surface area contributed by atoms with Crippen molar-refractivity contribution in [3.05, 3.63) is 101 Å². The van der Waals surface area contributed by atoms with Crippen LogP contribution in [0.3, 0.4) is 0 Å². The van der Waals surface area contributed by atoms with Gasteiger partial charge in [-0.15, -0.1) is 0 Å². The fourth-order valence-electron chi connectivity index (χ4n) is 3.88. The quantitative estimate of drug-likeness (QED) is 0.590. The molecule has 3 aromatic carbocycles. The highest BCUT2D eigenvalue weighted by molar-refractivity contribution is 7.89. The maximum Gasteiger partial charge on any atom is 0.243 e. The van der Waals surface area contributed by atoms with E-state index in [1.54, 1.807) is 24.3 Å². The summed E-state index contributed by atoms with van der Waals surface area (Å²) in [5.41, 5.74) is 1.66. The van der Waals surface area contributed by atoms with Crippen molar-refractivity contribution < 1.29 is 21.6 Å². The molecule has 0 N–H and O–H groups in total. The summed E-state index contributed by atoms with van der Waals surface area (Å²) in [6, 6.07) is 16.9. The molecule has 0 spiro atoms. The molecule has 1 fully saturated rings. The van der Waals surface area contributed by atoms with E-state index in [4.69, 9.17) is 0 Å². The van der Waals surface area contributed by atoms with E-state index in [1.807, 2.05) is 0 Å². The van der Waals surface area contributed by atoms with Crippen LogP contribution in [0, 0.1) is 17.5 Å². The Kier molecular flexibility index (Phi) is 6.13. The standard InChI is InChI=1S/C23H21F3N2O2S/c24-19-8-4-17(5-9-19)23(18-6-10-20(25)11-7-18)27-12-14-28(15-13-27)31(29,30)22-3-1-2-21(26)16-22/h1-11,16,23H,12-15H2. The summed E-state index contributed by atoms with van der Waals surface area (Å²) in [7, 11) is -3.81. The second-order valence-corrected chi connectivity index (χ2v) is 9.34. The lowest BCUT2D eigenvalue weighted by atomic mass is 9.96. The predicted molar refractivity (Wildman–Crippen MR) is 111 cm³/mol. The molecule has 8 heteroatoms. The number of piperazine rings is 1. The fraction of sp³-hybridized carbons (Fsp3) is 0.217. The van der Waals surface area contributed by atoms with E-state index in [-0.39, 0.29) is 35.7 Å². The highest BCUT2D eigenvalue weighted by atomic mass is 32.2. The lowest BCUT2D eigenvalue weighted by Crippen LogP contribution is -2.49. The van der Waals surface area contributed by atoms with Gasteiger partial charge in [0.05, 0.1) is 10.9 Å². The van der Waals surface area contributed by atoms with Gasteiger partial charge < -0.3 is 0 Å². The molecule has 0 unspecified atom stereocenters. The first-order valence-corrected chi connectivity index (χ1v) is 11.3. The predicted octanol–water partition coefficient (Wildman–Crippen LogP) is 4.20. The number of sulfonamides is 1. The zero-order valence-electron chi connectivity index (χ0n) is 16.6. The summed E-state index contributed by atoms with van der Waals surface area (Å²) in [6.45, 7) is 1.26. The van der Waals surface area contributed by atoms with Crippen LogP contribution < -0.4 is 0 Å². The Labute approximate surface area is 179 Å². The largest absolute Gasteiger partial charge is 0.290 e. The van der Waals surface area contributed by atoms with Gasteiger partial charge in [0, 0.05) is 26.2 Å². The monoisotopic (exact) mass is 446 g/mol. The molecule has 1 aliphatic heterocycles. The first-order chi connectivity index (χ1) is 14.8. The van der Waals surface area contributed by atoms with Crippen LogP contribution in [0.1, 0.15) is 17.2 Å². The van der Waals surface area contributed by atoms with Gasteiger partial charge in [0.15, 0.2) is 0 Å². The van der Waals surface area contributed by atoms with Crippen LogP contribution >= 0.6 is 0 Å². The summed E-state index contributed by atoms with van der Waals surface area (Å²) < 4.78 is 67.5. The van der Waals surface area contributed by atoms with Crippen LogP contribution in [0.5, 0.6) is 0 Å². The Bertz CT molecular complexity index is 1100.